The topological polar surface area (TPSA) is 83.8 Å². The smallest absolute Gasteiger partial charge is 0.260 e. The molecule has 2 aromatic heterocycles. The normalized spacial score (nSPS) is 13.9. The Morgan fingerprint density at radius 1 is 1.32 bits per heavy atom. The number of furan rings is 1. The Morgan fingerprint density at radius 3 is 2.80 bits per heavy atom. The summed E-state index contributed by atoms with van der Waals surface area (Å²) in [5.74, 6) is 3.17. The number of aromatic nitrogens is 3. The second-order valence-electron chi connectivity index (χ2n) is 6.26. The van der Waals surface area contributed by atoms with Gasteiger partial charge >= 0.3 is 0 Å². The number of aromatic amines is 1. The molecule has 1 aliphatic rings. The van der Waals surface area contributed by atoms with Crippen LogP contribution in [0.4, 0.5) is 5.69 Å². The number of nitrogens with one attached hydrogen (secondary N) is 2. The first kappa shape index (κ1) is 16.1. The highest BCUT2D eigenvalue weighted by Crippen LogP contribution is 2.38. The zero-order valence-electron chi connectivity index (χ0n) is 13.9. The number of halogens is 1. The predicted molar refractivity (Wildman–Crippen MR) is 97.6 cm³/mol. The zero-order valence-corrected chi connectivity index (χ0v) is 15.5. The van der Waals surface area contributed by atoms with Crippen molar-refractivity contribution < 1.29 is 9.21 Å². The van der Waals surface area contributed by atoms with Crippen molar-refractivity contribution in [2.45, 2.75) is 32.6 Å². The van der Waals surface area contributed by atoms with Gasteiger partial charge in [-0.3, -0.25) is 9.89 Å². The van der Waals surface area contributed by atoms with Crippen molar-refractivity contribution >= 4 is 27.5 Å². The number of anilines is 1. The summed E-state index contributed by atoms with van der Waals surface area (Å²) in [6.45, 7) is 3.59. The minimum Gasteiger partial charge on any atom is -0.465 e. The molecular weight excluding hydrogens is 384 g/mol. The van der Waals surface area contributed by atoms with E-state index in [4.69, 9.17) is 4.42 Å². The van der Waals surface area contributed by atoms with Gasteiger partial charge in [-0.25, -0.2) is 4.98 Å². The van der Waals surface area contributed by atoms with Crippen molar-refractivity contribution in [1.29, 1.82) is 0 Å². The molecule has 128 valence electrons. The minimum absolute atomic E-state index is 0.216. The van der Waals surface area contributed by atoms with Crippen LogP contribution in [0.15, 0.2) is 33.2 Å². The maximum Gasteiger partial charge on any atom is 0.260 e. The van der Waals surface area contributed by atoms with E-state index in [1.54, 1.807) is 6.92 Å². The molecule has 6 nitrogen and oxygen atoms in total. The van der Waals surface area contributed by atoms with Crippen molar-refractivity contribution in [3.8, 4) is 11.4 Å². The summed E-state index contributed by atoms with van der Waals surface area (Å²) in [4.78, 5) is 17.1. The molecule has 3 aromatic rings. The fourth-order valence-corrected chi connectivity index (χ4v) is 3.33. The van der Waals surface area contributed by atoms with Gasteiger partial charge in [0.15, 0.2) is 5.82 Å². The molecule has 2 heterocycles. The molecule has 0 aliphatic heterocycles. The largest absolute Gasteiger partial charge is 0.465 e. The lowest BCUT2D eigenvalue weighted by atomic mass is 10.1. The van der Waals surface area contributed by atoms with E-state index in [1.807, 2.05) is 31.2 Å². The van der Waals surface area contributed by atoms with Crippen molar-refractivity contribution in [1.82, 2.24) is 15.2 Å². The maximum atomic E-state index is 12.6. The minimum atomic E-state index is -0.216. The van der Waals surface area contributed by atoms with Crippen molar-refractivity contribution in [2.24, 2.45) is 0 Å². The van der Waals surface area contributed by atoms with Crippen molar-refractivity contribution in [3.05, 3.63) is 51.6 Å². The van der Waals surface area contributed by atoms with Crippen LogP contribution in [0.1, 0.15) is 46.5 Å². The van der Waals surface area contributed by atoms with Crippen LogP contribution in [-0.4, -0.2) is 21.1 Å². The lowest BCUT2D eigenvalue weighted by molar-refractivity contribution is 0.102. The lowest BCUT2D eigenvalue weighted by Crippen LogP contribution is -2.12. The fourth-order valence-electron chi connectivity index (χ4n) is 2.79. The zero-order chi connectivity index (χ0) is 17.6. The molecule has 25 heavy (non-hydrogen) atoms. The highest BCUT2D eigenvalue weighted by atomic mass is 79.9. The monoisotopic (exact) mass is 400 g/mol. The number of carbonyl (C=O) groups excluding carboxylic acids is 1. The second-order valence-corrected chi connectivity index (χ2v) is 7.05. The van der Waals surface area contributed by atoms with E-state index in [0.717, 1.165) is 11.4 Å². The van der Waals surface area contributed by atoms with E-state index >= 15 is 0 Å². The van der Waals surface area contributed by atoms with E-state index < -0.39 is 0 Å². The number of benzene rings is 1. The number of hydrogen-bond acceptors (Lipinski definition) is 4. The third-order valence-corrected chi connectivity index (χ3v) is 5.21. The fraction of sp³-hybridized carbons (Fsp3) is 0.278. The van der Waals surface area contributed by atoms with Gasteiger partial charge in [-0.05, 0) is 54.8 Å². The van der Waals surface area contributed by atoms with Crippen molar-refractivity contribution in [3.63, 3.8) is 0 Å². The van der Waals surface area contributed by atoms with E-state index in [9.17, 15) is 4.79 Å². The third-order valence-electron chi connectivity index (χ3n) is 4.26. The summed E-state index contributed by atoms with van der Waals surface area (Å²) in [5, 5.41) is 10.2. The number of nitrogens with zero attached hydrogens (tertiary/aromatic N) is 2. The third kappa shape index (κ3) is 3.11. The highest BCUT2D eigenvalue weighted by Gasteiger charge is 2.27. The Morgan fingerprint density at radius 2 is 2.12 bits per heavy atom. The summed E-state index contributed by atoms with van der Waals surface area (Å²) >= 11 is 3.41. The van der Waals surface area contributed by atoms with Gasteiger partial charge in [0.2, 0.25) is 0 Å². The van der Waals surface area contributed by atoms with Gasteiger partial charge in [-0.15, -0.1) is 0 Å². The molecule has 7 heteroatoms. The molecule has 1 saturated carbocycles. The highest BCUT2D eigenvalue weighted by molar-refractivity contribution is 9.10. The first-order chi connectivity index (χ1) is 12.0. The standard InChI is InChI=1S/C18H17BrN4O2/c1-9-14(15(19)10(2)25-9)18(24)20-13-5-3-4-12(8-13)17-21-16(22-23-17)11-6-7-11/h3-5,8,11H,6-7H2,1-2H3,(H,20,24)(H,21,22,23). The summed E-state index contributed by atoms with van der Waals surface area (Å²) in [7, 11) is 0. The molecule has 0 saturated heterocycles. The average molecular weight is 401 g/mol. The number of hydrogen-bond donors (Lipinski definition) is 2. The van der Waals surface area contributed by atoms with Crippen LogP contribution in [0.5, 0.6) is 0 Å². The summed E-state index contributed by atoms with van der Waals surface area (Å²) in [5.41, 5.74) is 2.06. The van der Waals surface area contributed by atoms with Gasteiger partial charge in [0.05, 0.1) is 10.0 Å². The van der Waals surface area contributed by atoms with E-state index in [1.165, 1.54) is 12.8 Å². The molecule has 0 unspecified atom stereocenters. The Kier molecular flexibility index (Phi) is 3.95. The lowest BCUT2D eigenvalue weighted by Gasteiger charge is -2.06. The van der Waals surface area contributed by atoms with Crippen molar-refractivity contribution in [2.75, 3.05) is 5.32 Å². The van der Waals surface area contributed by atoms with Crippen LogP contribution in [-0.2, 0) is 0 Å². The Labute approximate surface area is 153 Å². The van der Waals surface area contributed by atoms with Crippen LogP contribution in [0.25, 0.3) is 11.4 Å². The van der Waals surface area contributed by atoms with Gasteiger partial charge < -0.3 is 9.73 Å². The van der Waals surface area contributed by atoms with Crippen LogP contribution >= 0.6 is 15.9 Å². The molecule has 4 rings (SSSR count). The quantitative estimate of drug-likeness (QED) is 0.671. The number of rotatable bonds is 4. The second kappa shape index (κ2) is 6.15. The molecule has 2 N–H and O–H groups in total. The molecule has 0 radical (unpaired) electrons. The van der Waals surface area contributed by atoms with Crippen LogP contribution < -0.4 is 5.32 Å². The number of amides is 1. The Balaban J connectivity index is 1.57. The van der Waals surface area contributed by atoms with Gasteiger partial charge in [-0.2, -0.15) is 5.10 Å². The van der Waals surface area contributed by atoms with E-state index in [2.05, 4.69) is 36.4 Å². The molecular formula is C18H17BrN4O2. The first-order valence-electron chi connectivity index (χ1n) is 8.12. The summed E-state index contributed by atoms with van der Waals surface area (Å²) < 4.78 is 6.18. The number of aryl methyl sites for hydroxylation is 2. The summed E-state index contributed by atoms with van der Waals surface area (Å²) in [6, 6.07) is 7.51. The molecule has 1 fully saturated rings. The van der Waals surface area contributed by atoms with Crippen LogP contribution in [0, 0.1) is 13.8 Å². The SMILES string of the molecule is Cc1oc(C)c(C(=O)Nc2cccc(-c3n[nH]c(C4CC4)n3)c2)c1Br. The Hall–Kier alpha value is -2.41. The van der Waals surface area contributed by atoms with Gasteiger partial charge in [0.1, 0.15) is 17.3 Å². The molecule has 1 amide bonds. The number of H-pyrrole nitrogens is 1. The number of carbonyl (C=O) groups is 1. The Bertz CT molecular complexity index is 956. The maximum absolute atomic E-state index is 12.6. The van der Waals surface area contributed by atoms with E-state index in [-0.39, 0.29) is 5.91 Å². The summed E-state index contributed by atoms with van der Waals surface area (Å²) in [6.07, 6.45) is 2.34. The van der Waals surface area contributed by atoms with Gasteiger partial charge in [0, 0.05) is 17.2 Å². The van der Waals surface area contributed by atoms with Crippen LogP contribution in [0.3, 0.4) is 0 Å². The van der Waals surface area contributed by atoms with Gasteiger partial charge in [-0.1, -0.05) is 12.1 Å². The first-order valence-corrected chi connectivity index (χ1v) is 8.92. The van der Waals surface area contributed by atoms with Crippen LogP contribution in [0.2, 0.25) is 0 Å². The molecule has 0 bridgehead atoms. The van der Waals surface area contributed by atoms with E-state index in [0.29, 0.717) is 39.0 Å². The average Bonchev–Trinajstić information content (AvgIpc) is 3.25. The molecule has 0 spiro atoms. The van der Waals surface area contributed by atoms with Gasteiger partial charge in [0.25, 0.3) is 5.91 Å². The molecule has 1 aliphatic carbocycles. The molecule has 0 atom stereocenters. The molecule has 1 aromatic carbocycles. The predicted octanol–water partition coefficient (Wildman–Crippen LogP) is 4.57.